The number of carboxylic acids is 1. The Kier molecular flexibility index (Phi) is 8.14. The average Bonchev–Trinajstić information content (AvgIpc) is 2.43. The van der Waals surface area contributed by atoms with Crippen LogP contribution in [0.5, 0.6) is 0 Å². The largest absolute Gasteiger partial charge is 0.631 e. The number of hydrogen-bond acceptors (Lipinski definition) is 4. The predicted octanol–water partition coefficient (Wildman–Crippen LogP) is 4.10. The molecule has 1 aromatic rings. The fourth-order valence-corrected chi connectivity index (χ4v) is 5.07. The fourth-order valence-electron chi connectivity index (χ4n) is 5.07. The summed E-state index contributed by atoms with van der Waals surface area (Å²) in [5.74, 6) is -0.742. The molecule has 160 valence electrons. The SMILES string of the molecule is CC(C)(C)C(C(=O)O)(c1ccccc1)C(C)(C(C)(C)C)C(C)(C)C.OB(O)O. The lowest BCUT2D eigenvalue weighted by Crippen LogP contribution is -2.67. The fraction of sp³-hybridized carbons (Fsp3) is 0.682. The van der Waals surface area contributed by atoms with Gasteiger partial charge in [-0.15, -0.1) is 0 Å². The first kappa shape index (κ1) is 26.6. The molecule has 0 amide bonds. The zero-order valence-electron chi connectivity index (χ0n) is 19.2. The van der Waals surface area contributed by atoms with E-state index in [4.69, 9.17) is 15.1 Å². The highest BCUT2D eigenvalue weighted by Gasteiger charge is 2.68. The summed E-state index contributed by atoms with van der Waals surface area (Å²) in [4.78, 5) is 13.0. The minimum atomic E-state index is -2.17. The number of aliphatic carboxylic acids is 1. The van der Waals surface area contributed by atoms with Gasteiger partial charge in [0.25, 0.3) is 0 Å². The standard InChI is InChI=1S/C22H36O2.BH3O3/c1-18(2,3)21(10,19(4,5)6)22(17(23)24,20(7,8)9)16-14-12-11-13-15-16;2-1(3)4/h11-15H,1-10H3,(H,23,24);2-4H. The summed E-state index contributed by atoms with van der Waals surface area (Å²) in [7, 11) is -2.17. The van der Waals surface area contributed by atoms with Gasteiger partial charge in [0.05, 0.1) is 0 Å². The third-order valence-electron chi connectivity index (χ3n) is 6.40. The first-order valence-electron chi connectivity index (χ1n) is 9.61. The van der Waals surface area contributed by atoms with Gasteiger partial charge in [-0.1, -0.05) is 99.6 Å². The Morgan fingerprint density at radius 1 is 0.714 bits per heavy atom. The molecule has 0 saturated heterocycles. The molecule has 5 nitrogen and oxygen atoms in total. The molecule has 0 aliphatic carbocycles. The maximum Gasteiger partial charge on any atom is 0.631 e. The van der Waals surface area contributed by atoms with Gasteiger partial charge in [0, 0.05) is 0 Å². The second-order valence-electron chi connectivity index (χ2n) is 10.6. The smallest absolute Gasteiger partial charge is 0.481 e. The Morgan fingerprint density at radius 2 is 1.04 bits per heavy atom. The van der Waals surface area contributed by atoms with E-state index in [0.29, 0.717) is 0 Å². The van der Waals surface area contributed by atoms with E-state index < -0.39 is 29.5 Å². The van der Waals surface area contributed by atoms with Crippen LogP contribution in [0.3, 0.4) is 0 Å². The second kappa shape index (κ2) is 8.56. The quantitative estimate of drug-likeness (QED) is 0.579. The molecule has 0 aliphatic rings. The lowest BCUT2D eigenvalue weighted by atomic mass is 9.37. The van der Waals surface area contributed by atoms with Crippen molar-refractivity contribution in [3.8, 4) is 0 Å². The van der Waals surface area contributed by atoms with Crippen LogP contribution in [-0.2, 0) is 10.2 Å². The molecule has 0 bridgehead atoms. The summed E-state index contributed by atoms with van der Waals surface area (Å²) in [6.45, 7) is 21.4. The average molecular weight is 394 g/mol. The minimum Gasteiger partial charge on any atom is -0.481 e. The molecule has 0 heterocycles. The zero-order chi connectivity index (χ0) is 22.8. The molecule has 1 rings (SSSR count). The van der Waals surface area contributed by atoms with E-state index in [2.05, 4.69) is 69.2 Å². The van der Waals surface area contributed by atoms with Crippen molar-refractivity contribution in [2.24, 2.45) is 21.7 Å². The molecule has 1 atom stereocenters. The van der Waals surface area contributed by atoms with E-state index >= 15 is 0 Å². The Labute approximate surface area is 171 Å². The van der Waals surface area contributed by atoms with Crippen molar-refractivity contribution in [1.82, 2.24) is 0 Å². The molecule has 0 fully saturated rings. The molecule has 0 aliphatic heterocycles. The van der Waals surface area contributed by atoms with Gasteiger partial charge in [0.15, 0.2) is 0 Å². The Morgan fingerprint density at radius 3 is 1.25 bits per heavy atom. The van der Waals surface area contributed by atoms with Crippen LogP contribution in [0.15, 0.2) is 30.3 Å². The molecule has 1 unspecified atom stereocenters. The Hall–Kier alpha value is -1.37. The van der Waals surface area contributed by atoms with Gasteiger partial charge in [-0.25, -0.2) is 0 Å². The van der Waals surface area contributed by atoms with E-state index in [1.54, 1.807) is 0 Å². The van der Waals surface area contributed by atoms with E-state index in [-0.39, 0.29) is 10.8 Å². The number of rotatable bonds is 3. The van der Waals surface area contributed by atoms with Gasteiger partial charge in [0.2, 0.25) is 0 Å². The summed E-state index contributed by atoms with van der Waals surface area (Å²) in [6, 6.07) is 9.81. The van der Waals surface area contributed by atoms with Gasteiger partial charge >= 0.3 is 13.3 Å². The van der Waals surface area contributed by atoms with Crippen molar-refractivity contribution < 1.29 is 25.0 Å². The number of benzene rings is 1. The highest BCUT2D eigenvalue weighted by atomic mass is 16.5. The number of carboxylic acid groups (broad SMARTS) is 1. The van der Waals surface area contributed by atoms with Gasteiger partial charge < -0.3 is 20.2 Å². The van der Waals surface area contributed by atoms with Crippen molar-refractivity contribution in [2.75, 3.05) is 0 Å². The van der Waals surface area contributed by atoms with Crippen molar-refractivity contribution in [3.63, 3.8) is 0 Å². The van der Waals surface area contributed by atoms with Crippen molar-refractivity contribution >= 4 is 13.3 Å². The summed E-state index contributed by atoms with van der Waals surface area (Å²) in [5, 5.41) is 32.2. The summed E-state index contributed by atoms with van der Waals surface area (Å²) in [5.41, 5.74) is -1.54. The van der Waals surface area contributed by atoms with Gasteiger partial charge in [-0.05, 0) is 27.2 Å². The van der Waals surface area contributed by atoms with Crippen molar-refractivity contribution in [2.45, 2.75) is 74.7 Å². The van der Waals surface area contributed by atoms with Gasteiger partial charge in [-0.3, -0.25) is 4.79 Å². The third kappa shape index (κ3) is 4.61. The lowest BCUT2D eigenvalue weighted by molar-refractivity contribution is -0.182. The lowest BCUT2D eigenvalue weighted by Gasteiger charge is -2.64. The molecule has 0 aromatic heterocycles. The van der Waals surface area contributed by atoms with Crippen LogP contribution in [0.1, 0.15) is 74.8 Å². The van der Waals surface area contributed by atoms with Crippen LogP contribution >= 0.6 is 0 Å². The van der Waals surface area contributed by atoms with E-state index in [1.165, 1.54) is 0 Å². The highest BCUT2D eigenvalue weighted by molar-refractivity contribution is 6.30. The minimum absolute atomic E-state index is 0.216. The van der Waals surface area contributed by atoms with Gasteiger partial charge in [0.1, 0.15) is 5.41 Å². The molecule has 0 saturated carbocycles. The molecule has 1 aromatic carbocycles. The normalized spacial score (nSPS) is 15.2. The Bertz CT molecular complexity index is 619. The molecule has 0 radical (unpaired) electrons. The van der Waals surface area contributed by atoms with E-state index in [9.17, 15) is 9.90 Å². The third-order valence-corrected chi connectivity index (χ3v) is 6.40. The Balaban J connectivity index is 0.00000165. The maximum absolute atomic E-state index is 13.0. The molecule has 28 heavy (non-hydrogen) atoms. The van der Waals surface area contributed by atoms with E-state index in [0.717, 1.165) is 5.56 Å². The van der Waals surface area contributed by atoms with Crippen LogP contribution in [0.2, 0.25) is 0 Å². The molecule has 6 heteroatoms. The van der Waals surface area contributed by atoms with E-state index in [1.807, 2.05) is 30.3 Å². The first-order valence-corrected chi connectivity index (χ1v) is 9.61. The van der Waals surface area contributed by atoms with Crippen LogP contribution < -0.4 is 0 Å². The summed E-state index contributed by atoms with van der Waals surface area (Å²) >= 11 is 0. The zero-order valence-corrected chi connectivity index (χ0v) is 19.2. The second-order valence-corrected chi connectivity index (χ2v) is 10.6. The molecule has 4 N–H and O–H groups in total. The van der Waals surface area contributed by atoms with Crippen molar-refractivity contribution in [1.29, 1.82) is 0 Å². The van der Waals surface area contributed by atoms with Crippen molar-refractivity contribution in [3.05, 3.63) is 35.9 Å². The molecular formula is C22H39BO5. The van der Waals surface area contributed by atoms with Gasteiger partial charge in [-0.2, -0.15) is 0 Å². The molecule has 0 spiro atoms. The maximum atomic E-state index is 13.0. The van der Waals surface area contributed by atoms with Crippen LogP contribution in [0.4, 0.5) is 0 Å². The number of hydrogen-bond donors (Lipinski definition) is 4. The monoisotopic (exact) mass is 394 g/mol. The number of carbonyl (C=O) groups is 1. The highest BCUT2D eigenvalue weighted by Crippen LogP contribution is 2.67. The topological polar surface area (TPSA) is 98.0 Å². The first-order chi connectivity index (χ1) is 12.3. The summed E-state index contributed by atoms with van der Waals surface area (Å²) < 4.78 is 0. The van der Waals surface area contributed by atoms with Crippen LogP contribution in [0.25, 0.3) is 0 Å². The molecular weight excluding hydrogens is 355 g/mol. The predicted molar refractivity (Wildman–Crippen MR) is 115 cm³/mol. The van der Waals surface area contributed by atoms with Crippen LogP contribution in [0, 0.1) is 21.7 Å². The summed E-state index contributed by atoms with van der Waals surface area (Å²) in [6.07, 6.45) is 0. The van der Waals surface area contributed by atoms with Crippen LogP contribution in [-0.4, -0.2) is 33.5 Å².